The van der Waals surface area contributed by atoms with Crippen LogP contribution in [0.25, 0.3) is 5.52 Å². The Morgan fingerprint density at radius 2 is 1.86 bits per heavy atom. The van der Waals surface area contributed by atoms with Crippen LogP contribution in [0, 0.1) is 20.8 Å². The Morgan fingerprint density at radius 1 is 1.21 bits per heavy atom. The standard InChI is InChI=1S/C9H9BrClN3/c1-4-5(2)14-6(3)13-8(10)7(14)9(11)12-4/h1-3H3. The van der Waals surface area contributed by atoms with Crippen molar-refractivity contribution in [2.45, 2.75) is 20.8 Å². The van der Waals surface area contributed by atoms with Crippen LogP contribution < -0.4 is 0 Å². The smallest absolute Gasteiger partial charge is 0.156 e. The number of hydrogen-bond acceptors (Lipinski definition) is 2. The Labute approximate surface area is 95.3 Å². The second-order valence-corrected chi connectivity index (χ2v) is 4.32. The van der Waals surface area contributed by atoms with Gasteiger partial charge in [-0.25, -0.2) is 9.97 Å². The lowest BCUT2D eigenvalue weighted by atomic mass is 10.3. The molecule has 0 bridgehead atoms. The van der Waals surface area contributed by atoms with Crippen LogP contribution in [0.5, 0.6) is 0 Å². The average molecular weight is 275 g/mol. The summed E-state index contributed by atoms with van der Waals surface area (Å²) in [7, 11) is 0. The Hall–Kier alpha value is -0.610. The summed E-state index contributed by atoms with van der Waals surface area (Å²) in [5.41, 5.74) is 2.84. The van der Waals surface area contributed by atoms with Crippen molar-refractivity contribution >= 4 is 33.0 Å². The van der Waals surface area contributed by atoms with Crippen LogP contribution in [0.4, 0.5) is 0 Å². The molecule has 74 valence electrons. The van der Waals surface area contributed by atoms with Gasteiger partial charge in [0.25, 0.3) is 0 Å². The van der Waals surface area contributed by atoms with Crippen LogP contribution in [-0.4, -0.2) is 14.4 Å². The largest absolute Gasteiger partial charge is 0.296 e. The number of halogens is 2. The third kappa shape index (κ3) is 1.25. The quantitative estimate of drug-likeness (QED) is 0.739. The Kier molecular flexibility index (Phi) is 2.27. The molecule has 2 aromatic heterocycles. The Morgan fingerprint density at radius 3 is 2.50 bits per heavy atom. The predicted molar refractivity (Wildman–Crippen MR) is 59.9 cm³/mol. The van der Waals surface area contributed by atoms with E-state index in [0.717, 1.165) is 27.3 Å². The number of aromatic nitrogens is 3. The SMILES string of the molecule is Cc1nc(Cl)c2c(Br)nc(C)n2c1C. The van der Waals surface area contributed by atoms with Gasteiger partial charge in [-0.1, -0.05) is 11.6 Å². The van der Waals surface area contributed by atoms with Gasteiger partial charge in [0.15, 0.2) is 5.15 Å². The lowest BCUT2D eigenvalue weighted by Crippen LogP contribution is -2.00. The van der Waals surface area contributed by atoms with E-state index in [4.69, 9.17) is 11.6 Å². The summed E-state index contributed by atoms with van der Waals surface area (Å²) in [6.45, 7) is 5.89. The van der Waals surface area contributed by atoms with Crippen molar-refractivity contribution in [1.82, 2.24) is 14.4 Å². The third-order valence-electron chi connectivity index (χ3n) is 2.32. The van der Waals surface area contributed by atoms with Crippen LogP contribution >= 0.6 is 27.5 Å². The van der Waals surface area contributed by atoms with Crippen molar-refractivity contribution in [2.75, 3.05) is 0 Å². The highest BCUT2D eigenvalue weighted by Crippen LogP contribution is 2.26. The van der Waals surface area contributed by atoms with Gasteiger partial charge in [0, 0.05) is 5.69 Å². The molecule has 0 fully saturated rings. The fourth-order valence-electron chi connectivity index (χ4n) is 1.53. The molecule has 0 aromatic carbocycles. The summed E-state index contributed by atoms with van der Waals surface area (Å²) in [6, 6.07) is 0. The second-order valence-electron chi connectivity index (χ2n) is 3.21. The van der Waals surface area contributed by atoms with Gasteiger partial charge in [0.05, 0.1) is 5.69 Å². The van der Waals surface area contributed by atoms with Gasteiger partial charge < -0.3 is 0 Å². The van der Waals surface area contributed by atoms with E-state index < -0.39 is 0 Å². The zero-order chi connectivity index (χ0) is 10.5. The Balaban J connectivity index is 3.05. The number of fused-ring (bicyclic) bond motifs is 1. The zero-order valence-electron chi connectivity index (χ0n) is 8.10. The molecule has 2 aromatic rings. The minimum Gasteiger partial charge on any atom is -0.296 e. The van der Waals surface area contributed by atoms with Crippen molar-refractivity contribution in [1.29, 1.82) is 0 Å². The van der Waals surface area contributed by atoms with Gasteiger partial charge >= 0.3 is 0 Å². The van der Waals surface area contributed by atoms with Crippen LogP contribution in [-0.2, 0) is 0 Å². The van der Waals surface area contributed by atoms with E-state index in [-0.39, 0.29) is 0 Å². The van der Waals surface area contributed by atoms with Crippen molar-refractivity contribution in [3.8, 4) is 0 Å². The van der Waals surface area contributed by atoms with Crippen molar-refractivity contribution < 1.29 is 0 Å². The van der Waals surface area contributed by atoms with E-state index in [0.29, 0.717) is 5.15 Å². The van der Waals surface area contributed by atoms with E-state index in [2.05, 4.69) is 25.9 Å². The highest BCUT2D eigenvalue weighted by Gasteiger charge is 2.13. The molecule has 14 heavy (non-hydrogen) atoms. The molecule has 0 atom stereocenters. The lowest BCUT2D eigenvalue weighted by molar-refractivity contribution is 0.947. The summed E-state index contributed by atoms with van der Waals surface area (Å²) < 4.78 is 2.75. The number of nitrogens with zero attached hydrogens (tertiary/aromatic N) is 3. The molecule has 0 aliphatic rings. The average Bonchev–Trinajstić information content (AvgIpc) is 2.38. The summed E-state index contributed by atoms with van der Waals surface area (Å²) >= 11 is 9.42. The van der Waals surface area contributed by atoms with Gasteiger partial charge in [-0.2, -0.15) is 0 Å². The van der Waals surface area contributed by atoms with Crippen LogP contribution in [0.2, 0.25) is 5.15 Å². The maximum atomic E-state index is 6.05. The molecular formula is C9H9BrClN3. The molecule has 0 aliphatic heterocycles. The molecule has 0 spiro atoms. The van der Waals surface area contributed by atoms with Crippen molar-refractivity contribution in [2.24, 2.45) is 0 Å². The first-order chi connectivity index (χ1) is 6.52. The van der Waals surface area contributed by atoms with E-state index in [1.54, 1.807) is 0 Å². The summed E-state index contributed by atoms with van der Waals surface area (Å²) in [6.07, 6.45) is 0. The van der Waals surface area contributed by atoms with Crippen LogP contribution in [0.1, 0.15) is 17.2 Å². The Bertz CT molecular complexity index is 518. The minimum atomic E-state index is 0.487. The van der Waals surface area contributed by atoms with E-state index in [1.165, 1.54) is 0 Å². The first-order valence-electron chi connectivity index (χ1n) is 4.19. The first-order valence-corrected chi connectivity index (χ1v) is 5.36. The molecule has 0 saturated carbocycles. The maximum absolute atomic E-state index is 6.05. The highest BCUT2D eigenvalue weighted by molar-refractivity contribution is 9.10. The van der Waals surface area contributed by atoms with Gasteiger partial charge in [0.1, 0.15) is 15.9 Å². The molecule has 5 heteroatoms. The van der Waals surface area contributed by atoms with Crippen LogP contribution in [0.15, 0.2) is 4.60 Å². The summed E-state index contributed by atoms with van der Waals surface area (Å²) in [5.74, 6) is 0.914. The molecule has 0 amide bonds. The van der Waals surface area contributed by atoms with E-state index in [9.17, 15) is 0 Å². The third-order valence-corrected chi connectivity index (χ3v) is 3.14. The molecule has 0 N–H and O–H groups in total. The fraction of sp³-hybridized carbons (Fsp3) is 0.333. The van der Waals surface area contributed by atoms with E-state index >= 15 is 0 Å². The van der Waals surface area contributed by atoms with Gasteiger partial charge in [-0.3, -0.25) is 4.40 Å². The van der Waals surface area contributed by atoms with Gasteiger partial charge in [-0.05, 0) is 36.7 Å². The molecule has 0 saturated heterocycles. The number of aryl methyl sites for hydroxylation is 3. The molecule has 0 unspecified atom stereocenters. The van der Waals surface area contributed by atoms with Gasteiger partial charge in [-0.15, -0.1) is 0 Å². The fourth-order valence-corrected chi connectivity index (χ4v) is 2.57. The number of rotatable bonds is 0. The number of hydrogen-bond donors (Lipinski definition) is 0. The lowest BCUT2D eigenvalue weighted by Gasteiger charge is -2.06. The monoisotopic (exact) mass is 273 g/mol. The number of imidazole rings is 1. The predicted octanol–water partition coefficient (Wildman–Crippen LogP) is 3.07. The second kappa shape index (κ2) is 3.21. The van der Waals surface area contributed by atoms with Crippen LogP contribution in [0.3, 0.4) is 0 Å². The molecule has 2 heterocycles. The maximum Gasteiger partial charge on any atom is 0.156 e. The molecule has 0 aliphatic carbocycles. The zero-order valence-corrected chi connectivity index (χ0v) is 10.4. The first kappa shape index (κ1) is 9.93. The van der Waals surface area contributed by atoms with Crippen molar-refractivity contribution in [3.63, 3.8) is 0 Å². The van der Waals surface area contributed by atoms with Gasteiger partial charge in [0.2, 0.25) is 0 Å². The minimum absolute atomic E-state index is 0.487. The molecule has 2 rings (SSSR count). The topological polar surface area (TPSA) is 30.2 Å². The summed E-state index contributed by atoms with van der Waals surface area (Å²) in [5, 5.41) is 0.487. The normalized spacial score (nSPS) is 11.2. The molecular weight excluding hydrogens is 265 g/mol. The van der Waals surface area contributed by atoms with E-state index in [1.807, 2.05) is 25.2 Å². The highest BCUT2D eigenvalue weighted by atomic mass is 79.9. The molecule has 3 nitrogen and oxygen atoms in total. The summed E-state index contributed by atoms with van der Waals surface area (Å²) in [4.78, 5) is 8.56. The van der Waals surface area contributed by atoms with Crippen molar-refractivity contribution in [3.05, 3.63) is 27.0 Å². The molecule has 0 radical (unpaired) electrons.